The third-order valence-electron chi connectivity index (χ3n) is 3.98. The molecule has 3 aromatic rings. The molecule has 0 radical (unpaired) electrons. The van der Waals surface area contributed by atoms with Crippen molar-refractivity contribution >= 4 is 38.6 Å². The summed E-state index contributed by atoms with van der Waals surface area (Å²) in [5.74, 6) is -1.01. The van der Waals surface area contributed by atoms with Crippen molar-refractivity contribution in [3.8, 4) is 0 Å². The molecule has 0 spiro atoms. The fourth-order valence-electron chi connectivity index (χ4n) is 2.80. The van der Waals surface area contributed by atoms with Gasteiger partial charge >= 0.3 is 0 Å². The van der Waals surface area contributed by atoms with Crippen LogP contribution in [0, 0.1) is 0 Å². The molecule has 0 saturated carbocycles. The molecule has 1 aromatic heterocycles. The van der Waals surface area contributed by atoms with Crippen molar-refractivity contribution in [2.75, 3.05) is 11.8 Å². The molecule has 0 unspecified atom stereocenters. The Labute approximate surface area is 141 Å². The van der Waals surface area contributed by atoms with E-state index < -0.39 is 21.8 Å². The average molecular weight is 357 g/mol. The minimum Gasteiger partial charge on any atom is -0.277 e. The number of nitrogens with one attached hydrogen (secondary N) is 2. The normalized spacial score (nSPS) is 14.2. The number of amides is 2. The molecular formula is C15H11N5O4S. The lowest BCUT2D eigenvalue weighted by Gasteiger charge is -2.24. The molecule has 1 aliphatic rings. The predicted molar refractivity (Wildman–Crippen MR) is 87.6 cm³/mol. The highest BCUT2D eigenvalue weighted by Gasteiger charge is 2.31. The van der Waals surface area contributed by atoms with Gasteiger partial charge < -0.3 is 0 Å². The minimum absolute atomic E-state index is 0.0406. The summed E-state index contributed by atoms with van der Waals surface area (Å²) in [6.45, 7) is 0. The predicted octanol–water partition coefficient (Wildman–Crippen LogP) is 0.984. The van der Waals surface area contributed by atoms with Gasteiger partial charge in [0.2, 0.25) is 5.95 Å². The SMILES string of the molecule is CN1C(=O)c2cccc3cc(S(=O)(=O)Nc4ncn[nH]4)cc(c23)C1=O. The summed E-state index contributed by atoms with van der Waals surface area (Å²) < 4.78 is 27.4. The number of aromatic nitrogens is 3. The Bertz CT molecular complexity index is 1140. The van der Waals surface area contributed by atoms with E-state index in [9.17, 15) is 18.0 Å². The Morgan fingerprint density at radius 3 is 2.60 bits per heavy atom. The van der Waals surface area contributed by atoms with E-state index in [1.807, 2.05) is 0 Å². The number of benzene rings is 2. The summed E-state index contributed by atoms with van der Waals surface area (Å²) >= 11 is 0. The monoisotopic (exact) mass is 357 g/mol. The van der Waals surface area contributed by atoms with Crippen LogP contribution in [0.1, 0.15) is 20.7 Å². The second kappa shape index (κ2) is 5.11. The van der Waals surface area contributed by atoms with Gasteiger partial charge in [0, 0.05) is 23.6 Å². The zero-order valence-electron chi connectivity index (χ0n) is 12.8. The summed E-state index contributed by atoms with van der Waals surface area (Å²) in [4.78, 5) is 29.3. The lowest BCUT2D eigenvalue weighted by molar-refractivity contribution is 0.0650. The first kappa shape index (κ1) is 15.3. The van der Waals surface area contributed by atoms with Gasteiger partial charge in [-0.1, -0.05) is 12.1 Å². The van der Waals surface area contributed by atoms with E-state index in [0.29, 0.717) is 16.3 Å². The maximum Gasteiger partial charge on any atom is 0.264 e. The van der Waals surface area contributed by atoms with Gasteiger partial charge in [-0.05, 0) is 23.6 Å². The molecule has 2 N–H and O–H groups in total. The molecule has 0 atom stereocenters. The van der Waals surface area contributed by atoms with Crippen LogP contribution in [0.4, 0.5) is 5.95 Å². The Balaban J connectivity index is 1.95. The summed E-state index contributed by atoms with van der Waals surface area (Å²) in [5, 5.41) is 6.91. The first-order valence-electron chi connectivity index (χ1n) is 7.16. The quantitative estimate of drug-likeness (QED) is 0.673. The molecule has 2 amide bonds. The maximum atomic E-state index is 12.6. The number of hydrogen-bond acceptors (Lipinski definition) is 6. The van der Waals surface area contributed by atoms with Crippen LogP contribution < -0.4 is 4.72 Å². The van der Waals surface area contributed by atoms with E-state index in [0.717, 1.165) is 4.90 Å². The summed E-state index contributed by atoms with van der Waals surface area (Å²) in [7, 11) is -2.63. The van der Waals surface area contributed by atoms with Gasteiger partial charge in [0.1, 0.15) is 6.33 Å². The highest BCUT2D eigenvalue weighted by molar-refractivity contribution is 7.92. The van der Waals surface area contributed by atoms with Crippen molar-refractivity contribution in [3.63, 3.8) is 0 Å². The first-order chi connectivity index (χ1) is 11.9. The van der Waals surface area contributed by atoms with Crippen molar-refractivity contribution in [3.05, 3.63) is 47.8 Å². The highest BCUT2D eigenvalue weighted by atomic mass is 32.2. The number of imide groups is 1. The molecule has 4 rings (SSSR count). The van der Waals surface area contributed by atoms with Crippen LogP contribution in [-0.4, -0.2) is 47.4 Å². The van der Waals surface area contributed by atoms with Gasteiger partial charge in [0.05, 0.1) is 4.90 Å². The largest absolute Gasteiger partial charge is 0.277 e. The number of rotatable bonds is 3. The van der Waals surface area contributed by atoms with Crippen LogP contribution in [0.25, 0.3) is 10.8 Å². The molecule has 0 aliphatic carbocycles. The van der Waals surface area contributed by atoms with Crippen LogP contribution in [0.15, 0.2) is 41.6 Å². The standard InChI is InChI=1S/C15H11N5O4S/c1-20-13(21)10-4-2-3-8-5-9(6-11(12(8)10)14(20)22)25(23,24)19-15-16-7-17-18-15/h2-7H,1H3,(H2,16,17,18,19). The Morgan fingerprint density at radius 2 is 1.88 bits per heavy atom. The topological polar surface area (TPSA) is 125 Å². The van der Waals surface area contributed by atoms with Crippen molar-refractivity contribution < 1.29 is 18.0 Å². The smallest absolute Gasteiger partial charge is 0.264 e. The van der Waals surface area contributed by atoms with Crippen LogP contribution in [0.3, 0.4) is 0 Å². The number of hydrogen-bond donors (Lipinski definition) is 2. The van der Waals surface area contributed by atoms with Crippen LogP contribution >= 0.6 is 0 Å². The molecule has 10 heteroatoms. The van der Waals surface area contributed by atoms with E-state index in [-0.39, 0.29) is 16.4 Å². The Kier molecular flexibility index (Phi) is 3.12. The second-order valence-electron chi connectivity index (χ2n) is 5.48. The number of nitrogens with zero attached hydrogens (tertiary/aromatic N) is 3. The third-order valence-corrected chi connectivity index (χ3v) is 5.30. The van der Waals surface area contributed by atoms with Gasteiger partial charge in [0.25, 0.3) is 21.8 Å². The molecule has 0 saturated heterocycles. The van der Waals surface area contributed by atoms with E-state index in [1.165, 1.54) is 25.5 Å². The van der Waals surface area contributed by atoms with E-state index in [4.69, 9.17) is 0 Å². The van der Waals surface area contributed by atoms with Crippen molar-refractivity contribution in [1.82, 2.24) is 20.1 Å². The maximum absolute atomic E-state index is 12.6. The van der Waals surface area contributed by atoms with Gasteiger partial charge in [-0.25, -0.2) is 18.2 Å². The lowest BCUT2D eigenvalue weighted by atomic mass is 9.94. The molecule has 2 heterocycles. The summed E-state index contributed by atoms with van der Waals surface area (Å²) in [6, 6.07) is 7.58. The van der Waals surface area contributed by atoms with Gasteiger partial charge in [-0.3, -0.25) is 14.5 Å². The fraction of sp³-hybridized carbons (Fsp3) is 0.0667. The Hall–Kier alpha value is -3.27. The summed E-state index contributed by atoms with van der Waals surface area (Å²) in [5.41, 5.74) is 0.523. The highest BCUT2D eigenvalue weighted by Crippen LogP contribution is 2.32. The van der Waals surface area contributed by atoms with Gasteiger partial charge in [-0.2, -0.15) is 10.1 Å². The van der Waals surface area contributed by atoms with Crippen molar-refractivity contribution in [2.24, 2.45) is 0 Å². The zero-order valence-corrected chi connectivity index (χ0v) is 13.7. The molecule has 0 bridgehead atoms. The molecule has 2 aromatic carbocycles. The van der Waals surface area contributed by atoms with Gasteiger partial charge in [0.15, 0.2) is 0 Å². The molecule has 0 fully saturated rings. The molecular weight excluding hydrogens is 346 g/mol. The lowest BCUT2D eigenvalue weighted by Crippen LogP contribution is -2.37. The first-order valence-corrected chi connectivity index (χ1v) is 8.64. The number of aromatic amines is 1. The van der Waals surface area contributed by atoms with Crippen molar-refractivity contribution in [1.29, 1.82) is 0 Å². The minimum atomic E-state index is -3.99. The zero-order chi connectivity index (χ0) is 17.8. The van der Waals surface area contributed by atoms with Crippen LogP contribution in [-0.2, 0) is 10.0 Å². The second-order valence-corrected chi connectivity index (χ2v) is 7.17. The number of carbonyl (C=O) groups is 2. The molecule has 9 nitrogen and oxygen atoms in total. The van der Waals surface area contributed by atoms with E-state index >= 15 is 0 Å². The van der Waals surface area contributed by atoms with E-state index in [2.05, 4.69) is 19.9 Å². The Morgan fingerprint density at radius 1 is 1.12 bits per heavy atom. The molecule has 25 heavy (non-hydrogen) atoms. The molecule has 126 valence electrons. The third kappa shape index (κ3) is 2.26. The average Bonchev–Trinajstić information content (AvgIpc) is 3.09. The fourth-order valence-corrected chi connectivity index (χ4v) is 3.82. The number of sulfonamides is 1. The van der Waals surface area contributed by atoms with Crippen molar-refractivity contribution in [2.45, 2.75) is 4.90 Å². The van der Waals surface area contributed by atoms with Crippen LogP contribution in [0.2, 0.25) is 0 Å². The molecule has 1 aliphatic heterocycles. The van der Waals surface area contributed by atoms with Crippen LogP contribution in [0.5, 0.6) is 0 Å². The number of H-pyrrole nitrogens is 1. The number of carbonyl (C=O) groups excluding carboxylic acids is 2. The number of anilines is 1. The van der Waals surface area contributed by atoms with Gasteiger partial charge in [-0.15, -0.1) is 0 Å². The summed E-state index contributed by atoms with van der Waals surface area (Å²) in [6.07, 6.45) is 1.17. The van der Waals surface area contributed by atoms with E-state index in [1.54, 1.807) is 18.2 Å².